The van der Waals surface area contributed by atoms with Gasteiger partial charge in [0.25, 0.3) is 5.91 Å². The number of aromatic nitrogens is 3. The van der Waals surface area contributed by atoms with Crippen LogP contribution in [-0.2, 0) is 20.0 Å². The van der Waals surface area contributed by atoms with Crippen molar-refractivity contribution in [1.82, 2.24) is 19.4 Å². The molecule has 1 aliphatic rings. The fraction of sp³-hybridized carbons (Fsp3) is 0.429. The molecule has 3 heterocycles. The maximum atomic E-state index is 12.3. The number of rotatable bonds is 2. The highest BCUT2D eigenvalue weighted by Gasteiger charge is 2.22. The summed E-state index contributed by atoms with van der Waals surface area (Å²) in [5.74, 6) is 1.10. The standard InChI is InChI=1S/C14H17BrN4O/c1-9-6-19-8-11(3-4-13(19)16-9)17-14(20)12-5-10(15)7-18(12)2/h5-7,11H,3-4,8H2,1-2H3,(H,17,20)/t11-/m1/s1. The molecule has 20 heavy (non-hydrogen) atoms. The van der Waals surface area contributed by atoms with Gasteiger partial charge in [0.2, 0.25) is 0 Å². The van der Waals surface area contributed by atoms with Crippen LogP contribution >= 0.6 is 15.9 Å². The summed E-state index contributed by atoms with van der Waals surface area (Å²) < 4.78 is 4.89. The number of fused-ring (bicyclic) bond motifs is 1. The SMILES string of the molecule is Cc1cn2c(n1)CC[C@@H](NC(=O)c1cc(Br)cn1C)C2. The summed E-state index contributed by atoms with van der Waals surface area (Å²) in [5.41, 5.74) is 1.71. The Morgan fingerprint density at radius 1 is 1.50 bits per heavy atom. The average molecular weight is 337 g/mol. The van der Waals surface area contributed by atoms with Gasteiger partial charge in [0.1, 0.15) is 11.5 Å². The summed E-state index contributed by atoms with van der Waals surface area (Å²) in [5, 5.41) is 3.11. The molecule has 0 saturated carbocycles. The van der Waals surface area contributed by atoms with Crippen molar-refractivity contribution in [2.24, 2.45) is 7.05 Å². The first-order valence-corrected chi connectivity index (χ1v) is 7.47. The number of hydrogen-bond donors (Lipinski definition) is 1. The Kier molecular flexibility index (Phi) is 3.41. The van der Waals surface area contributed by atoms with Gasteiger partial charge in [0.05, 0.1) is 5.69 Å². The van der Waals surface area contributed by atoms with E-state index in [1.807, 2.05) is 37.0 Å². The van der Waals surface area contributed by atoms with Gasteiger partial charge in [-0.05, 0) is 35.3 Å². The quantitative estimate of drug-likeness (QED) is 0.912. The molecule has 1 atom stereocenters. The minimum Gasteiger partial charge on any atom is -0.346 e. The van der Waals surface area contributed by atoms with Gasteiger partial charge < -0.3 is 14.5 Å². The number of amides is 1. The highest BCUT2D eigenvalue weighted by atomic mass is 79.9. The highest BCUT2D eigenvalue weighted by Crippen LogP contribution is 2.17. The average Bonchev–Trinajstić information content (AvgIpc) is 2.90. The van der Waals surface area contributed by atoms with E-state index in [-0.39, 0.29) is 11.9 Å². The predicted octanol–water partition coefficient (Wildman–Crippen LogP) is 2.04. The monoisotopic (exact) mass is 336 g/mol. The van der Waals surface area contributed by atoms with Crippen molar-refractivity contribution in [1.29, 1.82) is 0 Å². The Bertz CT molecular complexity index is 658. The first-order valence-electron chi connectivity index (χ1n) is 6.68. The van der Waals surface area contributed by atoms with Gasteiger partial charge in [-0.3, -0.25) is 4.79 Å². The Hall–Kier alpha value is -1.56. The number of imidazole rings is 1. The molecule has 0 spiro atoms. The Morgan fingerprint density at radius 2 is 2.30 bits per heavy atom. The van der Waals surface area contributed by atoms with Crippen LogP contribution in [0, 0.1) is 6.92 Å². The minimum absolute atomic E-state index is 0.0245. The highest BCUT2D eigenvalue weighted by molar-refractivity contribution is 9.10. The first-order chi connectivity index (χ1) is 9.52. The predicted molar refractivity (Wildman–Crippen MR) is 79.7 cm³/mol. The maximum Gasteiger partial charge on any atom is 0.268 e. The number of hydrogen-bond acceptors (Lipinski definition) is 2. The van der Waals surface area contributed by atoms with Crippen LogP contribution in [0.25, 0.3) is 0 Å². The zero-order chi connectivity index (χ0) is 14.3. The van der Waals surface area contributed by atoms with Gasteiger partial charge in [-0.1, -0.05) is 0 Å². The minimum atomic E-state index is -0.0245. The number of nitrogens with one attached hydrogen (secondary N) is 1. The van der Waals surface area contributed by atoms with Gasteiger partial charge in [-0.25, -0.2) is 4.98 Å². The zero-order valence-electron chi connectivity index (χ0n) is 11.6. The van der Waals surface area contributed by atoms with Crippen LogP contribution in [0.3, 0.4) is 0 Å². The summed E-state index contributed by atoms with van der Waals surface area (Å²) in [6, 6.07) is 2.00. The van der Waals surface area contributed by atoms with E-state index in [1.54, 1.807) is 0 Å². The summed E-state index contributed by atoms with van der Waals surface area (Å²) in [4.78, 5) is 16.8. The molecule has 5 nitrogen and oxygen atoms in total. The topological polar surface area (TPSA) is 51.9 Å². The van der Waals surface area contributed by atoms with E-state index in [9.17, 15) is 4.79 Å². The van der Waals surface area contributed by atoms with Crippen LogP contribution in [0.5, 0.6) is 0 Å². The van der Waals surface area contributed by atoms with E-state index in [0.717, 1.165) is 35.4 Å². The Balaban J connectivity index is 1.70. The fourth-order valence-corrected chi connectivity index (χ4v) is 3.24. The second-order valence-electron chi connectivity index (χ2n) is 5.31. The summed E-state index contributed by atoms with van der Waals surface area (Å²) in [6.07, 6.45) is 5.78. The van der Waals surface area contributed by atoms with E-state index >= 15 is 0 Å². The molecule has 0 radical (unpaired) electrons. The number of carbonyl (C=O) groups is 1. The molecule has 0 bridgehead atoms. The normalized spacial score (nSPS) is 17.9. The van der Waals surface area contributed by atoms with Crippen LogP contribution in [0.2, 0.25) is 0 Å². The van der Waals surface area contributed by atoms with E-state index < -0.39 is 0 Å². The van der Waals surface area contributed by atoms with E-state index in [2.05, 4.69) is 30.8 Å². The van der Waals surface area contributed by atoms with Crippen LogP contribution in [0.4, 0.5) is 0 Å². The third-order valence-corrected chi connectivity index (χ3v) is 4.09. The zero-order valence-corrected chi connectivity index (χ0v) is 13.1. The third-order valence-electron chi connectivity index (χ3n) is 3.65. The van der Waals surface area contributed by atoms with Crippen molar-refractivity contribution in [2.45, 2.75) is 32.4 Å². The molecule has 106 valence electrons. The number of carbonyl (C=O) groups excluding carboxylic acids is 1. The van der Waals surface area contributed by atoms with Crippen molar-refractivity contribution in [2.75, 3.05) is 0 Å². The van der Waals surface area contributed by atoms with Crippen LogP contribution in [0.15, 0.2) is 22.9 Å². The molecule has 1 amide bonds. The summed E-state index contributed by atoms with van der Waals surface area (Å²) in [7, 11) is 1.87. The lowest BCUT2D eigenvalue weighted by atomic mass is 10.1. The number of halogens is 1. The second kappa shape index (κ2) is 5.09. The summed E-state index contributed by atoms with van der Waals surface area (Å²) >= 11 is 3.39. The molecule has 0 aliphatic carbocycles. The largest absolute Gasteiger partial charge is 0.346 e. The molecule has 3 rings (SSSR count). The number of nitrogens with zero attached hydrogens (tertiary/aromatic N) is 3. The Labute approximate surface area is 126 Å². The van der Waals surface area contributed by atoms with Crippen LogP contribution < -0.4 is 5.32 Å². The molecule has 0 aromatic carbocycles. The van der Waals surface area contributed by atoms with Gasteiger partial charge in [-0.15, -0.1) is 0 Å². The van der Waals surface area contributed by atoms with Gasteiger partial charge >= 0.3 is 0 Å². The van der Waals surface area contributed by atoms with E-state index in [0.29, 0.717) is 5.69 Å². The lowest BCUT2D eigenvalue weighted by Crippen LogP contribution is -2.41. The summed E-state index contributed by atoms with van der Waals surface area (Å²) in [6.45, 7) is 2.80. The van der Waals surface area contributed by atoms with Crippen LogP contribution in [0.1, 0.15) is 28.4 Å². The molecule has 2 aromatic rings. The lowest BCUT2D eigenvalue weighted by molar-refractivity contribution is 0.0919. The Morgan fingerprint density at radius 3 is 3.00 bits per heavy atom. The second-order valence-corrected chi connectivity index (χ2v) is 6.23. The van der Waals surface area contributed by atoms with Crippen molar-refractivity contribution >= 4 is 21.8 Å². The van der Waals surface area contributed by atoms with Crippen molar-refractivity contribution in [3.05, 3.63) is 40.1 Å². The van der Waals surface area contributed by atoms with Crippen molar-refractivity contribution < 1.29 is 4.79 Å². The molecule has 0 saturated heterocycles. The number of aryl methyl sites for hydroxylation is 3. The fourth-order valence-electron chi connectivity index (χ4n) is 2.71. The molecule has 2 aromatic heterocycles. The van der Waals surface area contributed by atoms with Crippen LogP contribution in [-0.4, -0.2) is 26.1 Å². The van der Waals surface area contributed by atoms with Crippen molar-refractivity contribution in [3.63, 3.8) is 0 Å². The van der Waals surface area contributed by atoms with Crippen molar-refractivity contribution in [3.8, 4) is 0 Å². The van der Waals surface area contributed by atoms with E-state index in [1.165, 1.54) is 0 Å². The molecular weight excluding hydrogens is 320 g/mol. The molecular formula is C14H17BrN4O. The smallest absolute Gasteiger partial charge is 0.268 e. The molecule has 0 fully saturated rings. The van der Waals surface area contributed by atoms with Gasteiger partial charge in [0.15, 0.2) is 0 Å². The molecule has 0 unspecified atom stereocenters. The molecule has 1 aliphatic heterocycles. The van der Waals surface area contributed by atoms with E-state index in [4.69, 9.17) is 0 Å². The first kappa shape index (κ1) is 13.4. The third kappa shape index (κ3) is 2.52. The molecule has 6 heteroatoms. The van der Waals surface area contributed by atoms with Gasteiger partial charge in [0, 0.05) is 42.9 Å². The van der Waals surface area contributed by atoms with Gasteiger partial charge in [-0.2, -0.15) is 0 Å². The molecule has 1 N–H and O–H groups in total. The lowest BCUT2D eigenvalue weighted by Gasteiger charge is -2.24. The maximum absolute atomic E-state index is 12.3.